The highest BCUT2D eigenvalue weighted by Gasteiger charge is 2.40. The number of carbonyl (C=O) groups is 1. The maximum absolute atomic E-state index is 11.8. The Labute approximate surface area is 154 Å². The van der Waals surface area contributed by atoms with E-state index in [1.165, 1.54) is 0 Å². The van der Waals surface area contributed by atoms with Crippen LogP contribution >= 0.6 is 15.9 Å². The Kier molecular flexibility index (Phi) is 5.08. The minimum absolute atomic E-state index is 0.409. The van der Waals surface area contributed by atoms with Gasteiger partial charge in [0.05, 0.1) is 15.9 Å². The summed E-state index contributed by atoms with van der Waals surface area (Å²) in [6.45, 7) is 3.78. The van der Waals surface area contributed by atoms with Crippen LogP contribution in [0.2, 0.25) is 0 Å². The van der Waals surface area contributed by atoms with Crippen molar-refractivity contribution in [3.63, 3.8) is 0 Å². The van der Waals surface area contributed by atoms with E-state index in [1.807, 2.05) is 13.8 Å². The highest BCUT2D eigenvalue weighted by atomic mass is 79.9. The second-order valence-corrected chi connectivity index (χ2v) is 7.26. The molecule has 25 heavy (non-hydrogen) atoms. The zero-order valence-electron chi connectivity index (χ0n) is 14.6. The van der Waals surface area contributed by atoms with Gasteiger partial charge in [-0.3, -0.25) is 0 Å². The molecule has 0 aromatic carbocycles. The van der Waals surface area contributed by atoms with Gasteiger partial charge in [0, 0.05) is 25.2 Å². The van der Waals surface area contributed by atoms with Gasteiger partial charge in [0.2, 0.25) is 5.76 Å². The summed E-state index contributed by atoms with van der Waals surface area (Å²) in [5.41, 5.74) is 1.95. The Morgan fingerprint density at radius 2 is 2.08 bits per heavy atom. The molecule has 0 bridgehead atoms. The number of nitrogens with one attached hydrogen (secondary N) is 1. The van der Waals surface area contributed by atoms with Gasteiger partial charge in [-0.1, -0.05) is 5.16 Å². The van der Waals surface area contributed by atoms with Crippen LogP contribution in [-0.4, -0.2) is 33.9 Å². The van der Waals surface area contributed by atoms with Crippen LogP contribution in [0.1, 0.15) is 42.6 Å². The third-order valence-electron chi connectivity index (χ3n) is 4.63. The Hall–Kier alpha value is -1.96. The smallest absolute Gasteiger partial charge is 0.407 e. The third-order valence-corrected chi connectivity index (χ3v) is 5.41. The average Bonchev–Trinajstić information content (AvgIpc) is 3.18. The number of rotatable bonds is 4. The quantitative estimate of drug-likeness (QED) is 0.828. The maximum atomic E-state index is 11.8. The highest BCUT2D eigenvalue weighted by molar-refractivity contribution is 9.10. The summed E-state index contributed by atoms with van der Waals surface area (Å²) >= 11 is 3.40. The molecular weight excluding hydrogens is 388 g/mol. The molecule has 7 nitrogen and oxygen atoms in total. The first-order valence-electron chi connectivity index (χ1n) is 8.29. The Morgan fingerprint density at radius 3 is 2.72 bits per heavy atom. The first-order chi connectivity index (χ1) is 11.9. The number of nitrogens with zero attached hydrogens (tertiary/aromatic N) is 3. The average molecular weight is 409 g/mol. The monoisotopic (exact) mass is 408 g/mol. The molecule has 0 spiro atoms. The lowest BCUT2D eigenvalue weighted by Gasteiger charge is -2.28. The van der Waals surface area contributed by atoms with Crippen LogP contribution in [-0.2, 0) is 11.2 Å². The van der Waals surface area contributed by atoms with Crippen molar-refractivity contribution < 1.29 is 14.1 Å². The Balaban J connectivity index is 1.95. The van der Waals surface area contributed by atoms with Crippen LogP contribution < -0.4 is 5.32 Å². The molecule has 134 valence electrons. The van der Waals surface area contributed by atoms with Gasteiger partial charge in [0.25, 0.3) is 0 Å². The number of aromatic nitrogens is 3. The second-order valence-electron chi connectivity index (χ2n) is 6.41. The molecule has 1 aliphatic rings. The van der Waals surface area contributed by atoms with Crippen molar-refractivity contribution in [2.75, 3.05) is 7.05 Å². The fourth-order valence-corrected chi connectivity index (χ4v) is 3.43. The van der Waals surface area contributed by atoms with Gasteiger partial charge in [-0.25, -0.2) is 14.8 Å². The fraction of sp³-hybridized carbons (Fsp3) is 0.529. The first-order valence-corrected chi connectivity index (χ1v) is 9.09. The molecule has 0 saturated heterocycles. The van der Waals surface area contributed by atoms with E-state index >= 15 is 0 Å². The van der Waals surface area contributed by atoms with Crippen molar-refractivity contribution in [3.8, 4) is 11.6 Å². The van der Waals surface area contributed by atoms with E-state index in [0.717, 1.165) is 47.1 Å². The van der Waals surface area contributed by atoms with E-state index in [-0.39, 0.29) is 0 Å². The van der Waals surface area contributed by atoms with Crippen LogP contribution in [0.5, 0.6) is 0 Å². The number of aryl methyl sites for hydroxylation is 2. The van der Waals surface area contributed by atoms with Crippen molar-refractivity contribution in [1.29, 1.82) is 0 Å². The summed E-state index contributed by atoms with van der Waals surface area (Å²) in [4.78, 5) is 20.6. The summed E-state index contributed by atoms with van der Waals surface area (Å²) in [5, 5.41) is 6.64. The Morgan fingerprint density at radius 1 is 1.36 bits per heavy atom. The molecule has 2 aromatic heterocycles. The molecule has 2 heterocycles. The van der Waals surface area contributed by atoms with Gasteiger partial charge >= 0.3 is 6.09 Å². The van der Waals surface area contributed by atoms with Gasteiger partial charge in [-0.15, -0.1) is 0 Å². The predicted molar refractivity (Wildman–Crippen MR) is 95.1 cm³/mol. The maximum Gasteiger partial charge on any atom is 0.407 e. The van der Waals surface area contributed by atoms with Crippen molar-refractivity contribution in [2.24, 2.45) is 0 Å². The molecule has 3 rings (SSSR count). The Bertz CT molecular complexity index is 784. The van der Waals surface area contributed by atoms with E-state index in [2.05, 4.69) is 36.4 Å². The minimum atomic E-state index is -0.532. The van der Waals surface area contributed by atoms with Crippen molar-refractivity contribution in [3.05, 3.63) is 27.6 Å². The molecule has 0 radical (unpaired) electrons. The number of alkyl carbamates (subject to hydrolysis) is 1. The molecule has 0 unspecified atom stereocenters. The second kappa shape index (κ2) is 7.11. The van der Waals surface area contributed by atoms with Gasteiger partial charge in [0.15, 0.2) is 5.82 Å². The first kappa shape index (κ1) is 17.8. The molecule has 1 saturated carbocycles. The van der Waals surface area contributed by atoms with Gasteiger partial charge in [0.1, 0.15) is 5.60 Å². The van der Waals surface area contributed by atoms with Crippen LogP contribution in [0, 0.1) is 13.8 Å². The number of ether oxygens (including phenoxy) is 1. The van der Waals surface area contributed by atoms with E-state index in [1.54, 1.807) is 13.2 Å². The lowest BCUT2D eigenvalue weighted by atomic mass is 9.91. The van der Waals surface area contributed by atoms with Crippen LogP contribution in [0.4, 0.5) is 4.79 Å². The zero-order valence-corrected chi connectivity index (χ0v) is 16.1. The summed E-state index contributed by atoms with van der Waals surface area (Å²) in [7, 11) is 1.57. The summed E-state index contributed by atoms with van der Waals surface area (Å²) < 4.78 is 12.1. The largest absolute Gasteiger partial charge is 0.443 e. The van der Waals surface area contributed by atoms with Crippen molar-refractivity contribution in [2.45, 2.75) is 51.6 Å². The molecule has 1 amide bonds. The number of hydrogen-bond acceptors (Lipinski definition) is 6. The molecule has 0 atom stereocenters. The number of halogens is 1. The lowest BCUT2D eigenvalue weighted by molar-refractivity contribution is 0.0172. The molecule has 0 aliphatic heterocycles. The molecule has 1 fully saturated rings. The fourth-order valence-electron chi connectivity index (χ4n) is 3.24. The summed E-state index contributed by atoms with van der Waals surface area (Å²) in [5.74, 6) is 1.03. The third kappa shape index (κ3) is 3.68. The van der Waals surface area contributed by atoms with Crippen LogP contribution in [0.15, 0.2) is 15.2 Å². The van der Waals surface area contributed by atoms with Crippen LogP contribution in [0.25, 0.3) is 11.6 Å². The molecule has 1 N–H and O–H groups in total. The predicted octanol–water partition coefficient (Wildman–Crippen LogP) is 3.72. The minimum Gasteiger partial charge on any atom is -0.443 e. The standard InChI is InChI=1S/C17H21BrN4O3/c1-10-12(8-17(6-4-5-7-17)24-16(23)19-3)14(25-22-10)15-20-9-13(18)11(2)21-15/h9H,4-8H2,1-3H3,(H,19,23). The lowest BCUT2D eigenvalue weighted by Crippen LogP contribution is -2.38. The topological polar surface area (TPSA) is 90.1 Å². The van der Waals surface area contributed by atoms with Gasteiger partial charge in [-0.2, -0.15) is 0 Å². The van der Waals surface area contributed by atoms with E-state index in [9.17, 15) is 4.79 Å². The van der Waals surface area contributed by atoms with E-state index in [4.69, 9.17) is 9.26 Å². The number of amides is 1. The number of carbonyl (C=O) groups excluding carboxylic acids is 1. The van der Waals surface area contributed by atoms with E-state index < -0.39 is 11.7 Å². The van der Waals surface area contributed by atoms with Gasteiger partial charge < -0.3 is 14.6 Å². The summed E-state index contributed by atoms with van der Waals surface area (Å²) in [6.07, 6.45) is 5.55. The van der Waals surface area contributed by atoms with Gasteiger partial charge in [-0.05, 0) is 55.5 Å². The van der Waals surface area contributed by atoms with E-state index in [0.29, 0.717) is 18.0 Å². The molecule has 8 heteroatoms. The zero-order chi connectivity index (χ0) is 18.0. The van der Waals surface area contributed by atoms with Crippen molar-refractivity contribution in [1.82, 2.24) is 20.4 Å². The molecule has 2 aromatic rings. The molecule has 1 aliphatic carbocycles. The summed E-state index contributed by atoms with van der Waals surface area (Å²) in [6, 6.07) is 0. The number of hydrogen-bond donors (Lipinski definition) is 1. The SMILES string of the molecule is CNC(=O)OC1(Cc2c(C)noc2-c2ncc(Br)c(C)n2)CCCC1. The molecular formula is C17H21BrN4O3. The van der Waals surface area contributed by atoms with Crippen molar-refractivity contribution >= 4 is 22.0 Å². The van der Waals surface area contributed by atoms with Crippen LogP contribution in [0.3, 0.4) is 0 Å². The highest BCUT2D eigenvalue weighted by Crippen LogP contribution is 2.39. The normalized spacial score (nSPS) is 16.0.